The first kappa shape index (κ1) is 11.0. The van der Waals surface area contributed by atoms with Crippen molar-refractivity contribution in [2.24, 2.45) is 5.41 Å². The molecule has 1 aliphatic heterocycles. The van der Waals surface area contributed by atoms with Gasteiger partial charge in [0.25, 0.3) is 0 Å². The number of hydrogen-bond acceptors (Lipinski definition) is 4. The van der Waals surface area contributed by atoms with Gasteiger partial charge in [0.1, 0.15) is 16.9 Å². The Morgan fingerprint density at radius 2 is 2.06 bits per heavy atom. The van der Waals surface area contributed by atoms with Crippen molar-refractivity contribution in [3.8, 4) is 0 Å². The molecule has 0 bridgehead atoms. The zero-order valence-corrected chi connectivity index (χ0v) is 9.86. The van der Waals surface area contributed by atoms with Crippen molar-refractivity contribution in [2.45, 2.75) is 26.3 Å². The molecule has 2 heterocycles. The molecular formula is C12H12N2O4. The predicted molar refractivity (Wildman–Crippen MR) is 59.2 cm³/mol. The van der Waals surface area contributed by atoms with Gasteiger partial charge in [-0.05, 0) is 31.9 Å². The average Bonchev–Trinajstić information content (AvgIpc) is 3.02. The van der Waals surface area contributed by atoms with Crippen molar-refractivity contribution in [1.82, 2.24) is 10.2 Å². The van der Waals surface area contributed by atoms with Crippen molar-refractivity contribution < 1.29 is 18.8 Å². The van der Waals surface area contributed by atoms with Gasteiger partial charge in [-0.25, -0.2) is 4.79 Å². The van der Waals surface area contributed by atoms with Crippen LogP contribution in [0.4, 0.5) is 4.79 Å². The van der Waals surface area contributed by atoms with E-state index in [4.69, 9.17) is 4.42 Å². The zero-order chi connectivity index (χ0) is 12.9. The summed E-state index contributed by atoms with van der Waals surface area (Å²) in [5.41, 5.74) is -0.991. The highest BCUT2D eigenvalue weighted by atomic mass is 16.3. The fourth-order valence-corrected chi connectivity index (χ4v) is 2.17. The van der Waals surface area contributed by atoms with Crippen LogP contribution in [0.3, 0.4) is 0 Å². The lowest BCUT2D eigenvalue weighted by molar-refractivity contribution is -0.145. The SMILES string of the molecule is Cc1ccc(CN2C(=O)NC(=O)C3(CC3)C2=O)o1. The first-order chi connectivity index (χ1) is 8.53. The minimum atomic E-state index is -0.991. The first-order valence-electron chi connectivity index (χ1n) is 5.76. The number of nitrogens with zero attached hydrogens (tertiary/aromatic N) is 1. The summed E-state index contributed by atoms with van der Waals surface area (Å²) in [5.74, 6) is 0.364. The summed E-state index contributed by atoms with van der Waals surface area (Å²) < 4.78 is 5.34. The Bertz CT molecular complexity index is 556. The van der Waals surface area contributed by atoms with Crippen LogP contribution < -0.4 is 5.32 Å². The van der Waals surface area contributed by atoms with Gasteiger partial charge in [0, 0.05) is 0 Å². The molecule has 0 radical (unpaired) electrons. The zero-order valence-electron chi connectivity index (χ0n) is 9.86. The van der Waals surface area contributed by atoms with Gasteiger partial charge in [-0.2, -0.15) is 0 Å². The standard InChI is InChI=1S/C12H12N2O4/c1-7-2-3-8(18-7)6-14-10(16)12(4-5-12)9(15)13-11(14)17/h2-3H,4-6H2,1H3,(H,13,15,17). The molecule has 0 aromatic carbocycles. The van der Waals surface area contributed by atoms with E-state index in [1.807, 2.05) is 0 Å². The number of hydrogen-bond donors (Lipinski definition) is 1. The third-order valence-corrected chi connectivity index (χ3v) is 3.41. The quantitative estimate of drug-likeness (QED) is 0.790. The highest BCUT2D eigenvalue weighted by Crippen LogP contribution is 2.49. The highest BCUT2D eigenvalue weighted by molar-refractivity contribution is 6.20. The number of carbonyl (C=O) groups excluding carboxylic acids is 3. The molecule has 1 spiro atoms. The summed E-state index contributed by atoms with van der Waals surface area (Å²) in [6, 6.07) is 2.81. The van der Waals surface area contributed by atoms with E-state index in [1.165, 1.54) is 0 Å². The van der Waals surface area contributed by atoms with E-state index in [0.29, 0.717) is 24.4 Å². The lowest BCUT2D eigenvalue weighted by atomic mass is 10.0. The van der Waals surface area contributed by atoms with Crippen LogP contribution in [-0.4, -0.2) is 22.7 Å². The van der Waals surface area contributed by atoms with E-state index in [-0.39, 0.29) is 6.54 Å². The van der Waals surface area contributed by atoms with Crippen molar-refractivity contribution in [1.29, 1.82) is 0 Å². The number of barbiturate groups is 1. The maximum absolute atomic E-state index is 12.1. The van der Waals surface area contributed by atoms with Gasteiger partial charge >= 0.3 is 6.03 Å². The minimum Gasteiger partial charge on any atom is -0.464 e. The van der Waals surface area contributed by atoms with E-state index < -0.39 is 23.3 Å². The van der Waals surface area contributed by atoms with Gasteiger partial charge in [0.2, 0.25) is 11.8 Å². The second-order valence-corrected chi connectivity index (χ2v) is 4.75. The number of carbonyl (C=O) groups is 3. The number of imide groups is 2. The van der Waals surface area contributed by atoms with Crippen LogP contribution in [-0.2, 0) is 16.1 Å². The molecule has 6 nitrogen and oxygen atoms in total. The molecule has 1 saturated heterocycles. The van der Waals surface area contributed by atoms with Crippen molar-refractivity contribution in [3.63, 3.8) is 0 Å². The van der Waals surface area contributed by atoms with Crippen LogP contribution in [0.1, 0.15) is 24.4 Å². The lowest BCUT2D eigenvalue weighted by Gasteiger charge is -2.29. The van der Waals surface area contributed by atoms with Crippen molar-refractivity contribution >= 4 is 17.8 Å². The molecule has 18 heavy (non-hydrogen) atoms. The maximum atomic E-state index is 12.1. The number of aryl methyl sites for hydroxylation is 1. The van der Waals surface area contributed by atoms with Crippen LogP contribution >= 0.6 is 0 Å². The third-order valence-electron chi connectivity index (χ3n) is 3.41. The van der Waals surface area contributed by atoms with Crippen molar-refractivity contribution in [2.75, 3.05) is 0 Å². The molecule has 1 N–H and O–H groups in total. The van der Waals surface area contributed by atoms with Gasteiger partial charge in [-0.15, -0.1) is 0 Å². The monoisotopic (exact) mass is 248 g/mol. The van der Waals surface area contributed by atoms with Gasteiger partial charge < -0.3 is 4.42 Å². The maximum Gasteiger partial charge on any atom is 0.331 e. The van der Waals surface area contributed by atoms with Crippen molar-refractivity contribution in [3.05, 3.63) is 23.7 Å². The molecule has 1 aliphatic carbocycles. The smallest absolute Gasteiger partial charge is 0.331 e. The summed E-state index contributed by atoms with van der Waals surface area (Å²) in [7, 11) is 0. The molecule has 0 atom stereocenters. The van der Waals surface area contributed by atoms with Gasteiger partial charge in [-0.1, -0.05) is 0 Å². The molecule has 2 fully saturated rings. The van der Waals surface area contributed by atoms with E-state index in [1.54, 1.807) is 19.1 Å². The predicted octanol–water partition coefficient (Wildman–Crippen LogP) is 0.947. The Morgan fingerprint density at radius 3 is 2.61 bits per heavy atom. The normalized spacial score (nSPS) is 21.4. The number of rotatable bonds is 2. The summed E-state index contributed by atoms with van der Waals surface area (Å²) in [6.07, 6.45) is 1.03. The van der Waals surface area contributed by atoms with Gasteiger partial charge in [-0.3, -0.25) is 19.8 Å². The fourth-order valence-electron chi connectivity index (χ4n) is 2.17. The molecule has 2 aliphatic rings. The van der Waals surface area contributed by atoms with Crippen LogP contribution in [0.25, 0.3) is 0 Å². The summed E-state index contributed by atoms with van der Waals surface area (Å²) in [6.45, 7) is 1.85. The van der Waals surface area contributed by atoms with Crippen LogP contribution in [0, 0.1) is 12.3 Å². The second kappa shape index (κ2) is 3.44. The topological polar surface area (TPSA) is 79.6 Å². The molecule has 94 valence electrons. The summed E-state index contributed by atoms with van der Waals surface area (Å²) >= 11 is 0. The average molecular weight is 248 g/mol. The molecule has 3 rings (SSSR count). The van der Waals surface area contributed by atoms with Crippen LogP contribution in [0.15, 0.2) is 16.5 Å². The summed E-state index contributed by atoms with van der Waals surface area (Å²) in [4.78, 5) is 36.5. The molecule has 0 unspecified atom stereocenters. The first-order valence-corrected chi connectivity index (χ1v) is 5.76. The number of furan rings is 1. The Kier molecular flexibility index (Phi) is 2.10. The fraction of sp³-hybridized carbons (Fsp3) is 0.417. The van der Waals surface area contributed by atoms with Gasteiger partial charge in [0.15, 0.2) is 0 Å². The molecule has 4 amide bonds. The highest BCUT2D eigenvalue weighted by Gasteiger charge is 2.62. The van der Waals surface area contributed by atoms with Gasteiger partial charge in [0.05, 0.1) is 6.54 Å². The molecule has 6 heteroatoms. The lowest BCUT2D eigenvalue weighted by Crippen LogP contribution is -2.58. The van der Waals surface area contributed by atoms with Crippen LogP contribution in [0.2, 0.25) is 0 Å². The largest absolute Gasteiger partial charge is 0.464 e. The number of nitrogens with one attached hydrogen (secondary N) is 1. The molecule has 1 aromatic heterocycles. The Labute approximate surface area is 103 Å². The van der Waals surface area contributed by atoms with E-state index in [9.17, 15) is 14.4 Å². The van der Waals surface area contributed by atoms with E-state index in [2.05, 4.69) is 5.32 Å². The Morgan fingerprint density at radius 1 is 1.33 bits per heavy atom. The Hall–Kier alpha value is -2.11. The number of amides is 4. The molecular weight excluding hydrogens is 236 g/mol. The third kappa shape index (κ3) is 1.45. The molecule has 1 saturated carbocycles. The van der Waals surface area contributed by atoms with E-state index in [0.717, 1.165) is 4.90 Å². The second-order valence-electron chi connectivity index (χ2n) is 4.75. The van der Waals surface area contributed by atoms with Crippen LogP contribution in [0.5, 0.6) is 0 Å². The Balaban J connectivity index is 1.85. The number of urea groups is 1. The molecule has 1 aromatic rings. The minimum absolute atomic E-state index is 0.0630. The summed E-state index contributed by atoms with van der Waals surface area (Å²) in [5, 5.41) is 2.23. The van der Waals surface area contributed by atoms with E-state index >= 15 is 0 Å².